The maximum atomic E-state index is 14.2. The molecule has 0 bridgehead atoms. The van der Waals surface area contributed by atoms with Gasteiger partial charge in [-0.05, 0) is 85.8 Å². The fraction of sp³-hybridized carbons (Fsp3) is 0.371. The van der Waals surface area contributed by atoms with Gasteiger partial charge in [0.05, 0.1) is 13.1 Å². The van der Waals surface area contributed by atoms with E-state index in [2.05, 4.69) is 9.80 Å². The minimum absolute atomic E-state index is 0.0921. The van der Waals surface area contributed by atoms with Gasteiger partial charge in [-0.2, -0.15) is 0 Å². The number of fused-ring (bicyclic) bond motifs is 1. The molecule has 0 aromatic heterocycles. The third-order valence-corrected chi connectivity index (χ3v) is 9.11. The predicted molar refractivity (Wildman–Crippen MR) is 167 cm³/mol. The van der Waals surface area contributed by atoms with E-state index < -0.39 is 5.54 Å². The van der Waals surface area contributed by atoms with E-state index in [1.807, 2.05) is 65.3 Å². The van der Waals surface area contributed by atoms with Gasteiger partial charge in [-0.25, -0.2) is 4.39 Å². The smallest absolute Gasteiger partial charge is 0.250 e. The van der Waals surface area contributed by atoms with Crippen LogP contribution in [0.3, 0.4) is 0 Å². The van der Waals surface area contributed by atoms with Crippen LogP contribution in [-0.2, 0) is 22.6 Å². The summed E-state index contributed by atoms with van der Waals surface area (Å²) < 4.78 is 13.8. The summed E-state index contributed by atoms with van der Waals surface area (Å²) in [6, 6.07) is 22.1. The highest BCUT2D eigenvalue weighted by Crippen LogP contribution is 2.40. The quantitative estimate of drug-likeness (QED) is 0.325. The van der Waals surface area contributed by atoms with Crippen molar-refractivity contribution < 1.29 is 19.1 Å². The van der Waals surface area contributed by atoms with E-state index in [0.717, 1.165) is 60.5 Å². The van der Waals surface area contributed by atoms with E-state index in [0.29, 0.717) is 39.0 Å². The Balaban J connectivity index is 1.14. The molecule has 3 aliphatic heterocycles. The Morgan fingerprint density at radius 3 is 2.51 bits per heavy atom. The summed E-state index contributed by atoms with van der Waals surface area (Å²) in [5.74, 6) is 0.194. The average Bonchev–Trinajstić information content (AvgIpc) is 3.47. The van der Waals surface area contributed by atoms with Gasteiger partial charge in [-0.1, -0.05) is 43.3 Å². The highest BCUT2D eigenvalue weighted by molar-refractivity contribution is 6.01. The third-order valence-electron chi connectivity index (χ3n) is 9.11. The van der Waals surface area contributed by atoms with Crippen molar-refractivity contribution in [2.24, 2.45) is 0 Å². The first kappa shape index (κ1) is 28.9. The Bertz CT molecular complexity index is 1510. The van der Waals surface area contributed by atoms with Crippen molar-refractivity contribution in [3.8, 4) is 0 Å². The number of rotatable bonds is 9. The molecule has 0 unspecified atom stereocenters. The zero-order valence-corrected chi connectivity index (χ0v) is 24.7. The molecule has 2 fully saturated rings. The number of para-hydroxylation sites is 1. The zero-order valence-electron chi connectivity index (χ0n) is 24.7. The third kappa shape index (κ3) is 5.76. The fourth-order valence-electron chi connectivity index (χ4n) is 6.86. The number of nitrogens with zero attached hydrogens (tertiary/aromatic N) is 4. The second-order valence-corrected chi connectivity index (χ2v) is 11.8. The van der Waals surface area contributed by atoms with E-state index in [1.54, 1.807) is 18.2 Å². The van der Waals surface area contributed by atoms with Crippen LogP contribution in [0.15, 0.2) is 78.9 Å². The Kier molecular flexibility index (Phi) is 8.21. The van der Waals surface area contributed by atoms with Gasteiger partial charge in [0.25, 0.3) is 0 Å². The van der Waals surface area contributed by atoms with Crippen LogP contribution in [0.2, 0.25) is 0 Å². The molecule has 3 aliphatic rings. The number of benzene rings is 3. The monoisotopic (exact) mass is 582 g/mol. The molecular formula is C35H39FN4O3. The van der Waals surface area contributed by atoms with Gasteiger partial charge in [-0.15, -0.1) is 0 Å². The van der Waals surface area contributed by atoms with Crippen molar-refractivity contribution in [3.05, 3.63) is 101 Å². The molecule has 7 nitrogen and oxygen atoms in total. The summed E-state index contributed by atoms with van der Waals surface area (Å²) in [5.41, 5.74) is 3.96. The minimum atomic E-state index is -0.694. The fourth-order valence-corrected chi connectivity index (χ4v) is 6.86. The molecule has 3 aromatic carbocycles. The van der Waals surface area contributed by atoms with E-state index >= 15 is 0 Å². The summed E-state index contributed by atoms with van der Waals surface area (Å²) in [4.78, 5) is 35.1. The van der Waals surface area contributed by atoms with Crippen LogP contribution in [0, 0.1) is 5.82 Å². The van der Waals surface area contributed by atoms with Crippen molar-refractivity contribution in [1.82, 2.24) is 9.80 Å². The number of allylic oxidation sites excluding steroid dienone is 1. The van der Waals surface area contributed by atoms with E-state index in [9.17, 15) is 19.1 Å². The Morgan fingerprint density at radius 1 is 0.977 bits per heavy atom. The van der Waals surface area contributed by atoms with Crippen LogP contribution < -0.4 is 9.80 Å². The molecule has 3 aromatic rings. The maximum Gasteiger partial charge on any atom is 0.250 e. The van der Waals surface area contributed by atoms with Gasteiger partial charge in [0.2, 0.25) is 11.8 Å². The van der Waals surface area contributed by atoms with Crippen molar-refractivity contribution >= 4 is 28.9 Å². The van der Waals surface area contributed by atoms with Crippen LogP contribution in [-0.4, -0.2) is 65.1 Å². The molecule has 1 spiro atoms. The lowest BCUT2D eigenvalue weighted by Crippen LogP contribution is -2.56. The SMILES string of the molecule is CC/C=C(\O)c1cccc(CN2CN(c3ccc(F)cc3)C3(CCN(CCCN4C(=O)Cc5ccccc54)CC3)C2=O)c1. The predicted octanol–water partition coefficient (Wildman–Crippen LogP) is 5.75. The number of likely N-dealkylation sites (tertiary alicyclic amines) is 1. The van der Waals surface area contributed by atoms with Crippen LogP contribution in [0.25, 0.3) is 5.76 Å². The van der Waals surface area contributed by atoms with Crippen LogP contribution in [0.5, 0.6) is 0 Å². The lowest BCUT2D eigenvalue weighted by Gasteiger charge is -2.43. The number of hydrogen-bond donors (Lipinski definition) is 1. The van der Waals surface area contributed by atoms with Gasteiger partial charge < -0.3 is 24.7 Å². The molecule has 43 heavy (non-hydrogen) atoms. The molecule has 224 valence electrons. The number of anilines is 2. The number of piperidine rings is 1. The number of carbonyl (C=O) groups is 2. The summed E-state index contributed by atoms with van der Waals surface area (Å²) in [6.07, 6.45) is 5.19. The number of carbonyl (C=O) groups excluding carboxylic acids is 2. The van der Waals surface area contributed by atoms with Gasteiger partial charge >= 0.3 is 0 Å². The summed E-state index contributed by atoms with van der Waals surface area (Å²) in [5, 5.41) is 10.4. The van der Waals surface area contributed by atoms with E-state index in [1.165, 1.54) is 12.1 Å². The summed E-state index contributed by atoms with van der Waals surface area (Å²) >= 11 is 0. The molecule has 8 heteroatoms. The standard InChI is InChI=1S/C35H39FN4O3/c1-2-7-32(41)28-10-5-8-26(22-28)24-38-25-40(30-14-12-29(36)13-15-30)35(34(38)43)16-20-37(21-17-35)18-6-19-39-31-11-4-3-9-27(31)23-33(39)42/h3-5,7-15,22,41H,2,6,16-21,23-25H2,1H3/b32-7-. The van der Waals surface area contributed by atoms with Crippen molar-refractivity contribution in [1.29, 1.82) is 0 Å². The zero-order chi connectivity index (χ0) is 30.0. The molecule has 0 radical (unpaired) electrons. The normalized spacial score (nSPS) is 18.7. The van der Waals surface area contributed by atoms with Crippen LogP contribution >= 0.6 is 0 Å². The second kappa shape index (κ2) is 12.2. The first-order valence-corrected chi connectivity index (χ1v) is 15.3. The lowest BCUT2D eigenvalue weighted by atomic mass is 9.85. The van der Waals surface area contributed by atoms with Gasteiger partial charge in [-0.3, -0.25) is 9.59 Å². The molecule has 0 atom stereocenters. The van der Waals surface area contributed by atoms with Gasteiger partial charge in [0.1, 0.15) is 17.1 Å². The molecule has 2 amide bonds. The summed E-state index contributed by atoms with van der Waals surface area (Å²) in [6.45, 7) is 5.92. The van der Waals surface area contributed by atoms with E-state index in [-0.39, 0.29) is 23.4 Å². The maximum absolute atomic E-state index is 14.2. The van der Waals surface area contributed by atoms with Crippen molar-refractivity contribution in [2.45, 2.75) is 51.1 Å². The highest BCUT2D eigenvalue weighted by Gasteiger charge is 2.53. The van der Waals surface area contributed by atoms with Crippen molar-refractivity contribution in [3.63, 3.8) is 0 Å². The average molecular weight is 583 g/mol. The number of aliphatic hydroxyl groups excluding tert-OH is 1. The molecule has 0 saturated carbocycles. The number of aliphatic hydroxyl groups is 1. The first-order valence-electron chi connectivity index (χ1n) is 15.3. The highest BCUT2D eigenvalue weighted by atomic mass is 19.1. The number of halogens is 1. The Hall–Kier alpha value is -4.17. The Labute approximate surface area is 252 Å². The van der Waals surface area contributed by atoms with Gasteiger partial charge in [0, 0.05) is 43.1 Å². The molecular weight excluding hydrogens is 543 g/mol. The molecule has 3 heterocycles. The van der Waals surface area contributed by atoms with Crippen molar-refractivity contribution in [2.75, 3.05) is 42.6 Å². The summed E-state index contributed by atoms with van der Waals surface area (Å²) in [7, 11) is 0. The lowest BCUT2D eigenvalue weighted by molar-refractivity contribution is -0.134. The second-order valence-electron chi connectivity index (χ2n) is 11.8. The molecule has 2 saturated heterocycles. The molecule has 6 rings (SSSR count). The van der Waals surface area contributed by atoms with E-state index in [4.69, 9.17) is 0 Å². The number of amides is 2. The molecule has 0 aliphatic carbocycles. The topological polar surface area (TPSA) is 67.3 Å². The minimum Gasteiger partial charge on any atom is -0.508 e. The molecule has 1 N–H and O–H groups in total. The van der Waals surface area contributed by atoms with Gasteiger partial charge in [0.15, 0.2) is 0 Å². The van der Waals surface area contributed by atoms with Crippen LogP contribution in [0.1, 0.15) is 49.3 Å². The van der Waals surface area contributed by atoms with Crippen LogP contribution in [0.4, 0.5) is 15.8 Å². The first-order chi connectivity index (χ1) is 20.9. The largest absolute Gasteiger partial charge is 0.508 e. The Morgan fingerprint density at radius 2 is 1.74 bits per heavy atom. The number of hydrogen-bond acceptors (Lipinski definition) is 5.